The van der Waals surface area contributed by atoms with Crippen molar-refractivity contribution in [1.82, 2.24) is 14.8 Å². The maximum atomic E-state index is 12.8. The summed E-state index contributed by atoms with van der Waals surface area (Å²) in [7, 11) is 1.73. The molecule has 9 heteroatoms. The molecule has 0 radical (unpaired) electrons. The van der Waals surface area contributed by atoms with Crippen molar-refractivity contribution < 1.29 is 18.0 Å². The van der Waals surface area contributed by atoms with E-state index in [0.29, 0.717) is 12.1 Å². The zero-order valence-corrected chi connectivity index (χ0v) is 14.2. The number of Topliss-reactive ketones (excluding diaryl/α,β-unsaturated/α-hetero) is 1. The number of anilines is 1. The third-order valence-electron chi connectivity index (χ3n) is 4.25. The number of carbonyl (C=O) groups is 1. The average molecular weight is 373 g/mol. The molecule has 1 atom stereocenters. The molecule has 134 valence electrons. The van der Waals surface area contributed by atoms with Gasteiger partial charge in [-0.2, -0.15) is 18.3 Å². The molecule has 0 spiro atoms. The Bertz CT molecular complexity index is 790. The van der Waals surface area contributed by atoms with Gasteiger partial charge in [-0.15, -0.1) is 0 Å². The van der Waals surface area contributed by atoms with Crippen molar-refractivity contribution in [2.45, 2.75) is 31.5 Å². The van der Waals surface area contributed by atoms with Gasteiger partial charge in [0.2, 0.25) is 0 Å². The van der Waals surface area contributed by atoms with E-state index in [9.17, 15) is 18.0 Å². The molecule has 3 rings (SSSR count). The summed E-state index contributed by atoms with van der Waals surface area (Å²) >= 11 is 6.04. The molecule has 1 aliphatic heterocycles. The van der Waals surface area contributed by atoms with Crippen LogP contribution in [0.3, 0.4) is 0 Å². The fraction of sp³-hybridized carbons (Fsp3) is 0.438. The van der Waals surface area contributed by atoms with E-state index in [1.54, 1.807) is 17.9 Å². The largest absolute Gasteiger partial charge is 0.417 e. The molecule has 2 aromatic heterocycles. The van der Waals surface area contributed by atoms with E-state index in [-0.39, 0.29) is 29.1 Å². The van der Waals surface area contributed by atoms with E-state index >= 15 is 0 Å². The van der Waals surface area contributed by atoms with E-state index in [0.717, 1.165) is 25.1 Å². The molecule has 0 amide bonds. The smallest absolute Gasteiger partial charge is 0.352 e. The van der Waals surface area contributed by atoms with E-state index < -0.39 is 11.7 Å². The molecule has 1 unspecified atom stereocenters. The first-order chi connectivity index (χ1) is 11.8. The highest BCUT2D eigenvalue weighted by molar-refractivity contribution is 6.33. The number of nitrogens with zero attached hydrogens (tertiary/aromatic N) is 4. The van der Waals surface area contributed by atoms with Crippen molar-refractivity contribution in [2.75, 3.05) is 11.4 Å². The van der Waals surface area contributed by atoms with E-state index in [1.807, 2.05) is 4.90 Å². The van der Waals surface area contributed by atoms with Crippen LogP contribution < -0.4 is 4.90 Å². The number of rotatable bonds is 4. The molecule has 0 aromatic carbocycles. The first-order valence-electron chi connectivity index (χ1n) is 7.77. The Morgan fingerprint density at radius 1 is 1.40 bits per heavy atom. The van der Waals surface area contributed by atoms with Crippen LogP contribution in [-0.4, -0.2) is 33.1 Å². The summed E-state index contributed by atoms with van der Waals surface area (Å²) in [4.78, 5) is 18.1. The molecule has 1 saturated heterocycles. The van der Waals surface area contributed by atoms with Gasteiger partial charge in [0.15, 0.2) is 5.78 Å². The minimum atomic E-state index is -4.49. The predicted octanol–water partition coefficient (Wildman–Crippen LogP) is 3.73. The van der Waals surface area contributed by atoms with Crippen molar-refractivity contribution in [3.63, 3.8) is 0 Å². The third-order valence-corrected chi connectivity index (χ3v) is 4.52. The number of aryl methyl sites for hydroxylation is 1. The molecule has 0 saturated carbocycles. The number of alkyl halides is 3. The van der Waals surface area contributed by atoms with Crippen LogP contribution in [0, 0.1) is 0 Å². The molecule has 3 heterocycles. The van der Waals surface area contributed by atoms with Crippen molar-refractivity contribution in [1.29, 1.82) is 0 Å². The average Bonchev–Trinajstić information content (AvgIpc) is 3.15. The van der Waals surface area contributed by atoms with Gasteiger partial charge in [-0.05, 0) is 18.9 Å². The van der Waals surface area contributed by atoms with Crippen molar-refractivity contribution in [3.05, 3.63) is 40.8 Å². The highest BCUT2D eigenvalue weighted by atomic mass is 35.5. The number of ketones is 1. The Labute approximate surface area is 147 Å². The summed E-state index contributed by atoms with van der Waals surface area (Å²) in [5.41, 5.74) is -0.371. The number of pyridine rings is 1. The predicted molar refractivity (Wildman–Crippen MR) is 86.8 cm³/mol. The van der Waals surface area contributed by atoms with Gasteiger partial charge in [0.25, 0.3) is 0 Å². The fourth-order valence-electron chi connectivity index (χ4n) is 3.02. The number of halogens is 4. The molecule has 0 bridgehead atoms. The number of hydrogen-bond acceptors (Lipinski definition) is 4. The van der Waals surface area contributed by atoms with Gasteiger partial charge in [-0.3, -0.25) is 9.48 Å². The van der Waals surface area contributed by atoms with Gasteiger partial charge in [0.05, 0.1) is 22.3 Å². The van der Waals surface area contributed by atoms with Crippen LogP contribution in [-0.2, 0) is 13.2 Å². The lowest BCUT2D eigenvalue weighted by Gasteiger charge is -2.26. The summed E-state index contributed by atoms with van der Waals surface area (Å²) < 4.78 is 39.8. The van der Waals surface area contributed by atoms with Gasteiger partial charge in [-0.1, -0.05) is 11.6 Å². The molecule has 25 heavy (non-hydrogen) atoms. The number of hydrogen-bond donors (Lipinski definition) is 0. The zero-order chi connectivity index (χ0) is 18.2. The lowest BCUT2D eigenvalue weighted by Crippen LogP contribution is -2.32. The minimum absolute atomic E-state index is 0.0597. The molecule has 5 nitrogen and oxygen atoms in total. The second-order valence-corrected chi connectivity index (χ2v) is 6.45. The Balaban J connectivity index is 1.78. The van der Waals surface area contributed by atoms with Gasteiger partial charge in [0.1, 0.15) is 5.82 Å². The first kappa shape index (κ1) is 17.7. The summed E-state index contributed by atoms with van der Waals surface area (Å²) in [6.07, 6.45) is 1.26. The minimum Gasteiger partial charge on any atom is -0.352 e. The highest BCUT2D eigenvalue weighted by Crippen LogP contribution is 2.36. The topological polar surface area (TPSA) is 51.0 Å². The normalized spacial score (nSPS) is 18.0. The van der Waals surface area contributed by atoms with Crippen LogP contribution in [0.25, 0.3) is 0 Å². The van der Waals surface area contributed by atoms with E-state index in [2.05, 4.69) is 10.1 Å². The fourth-order valence-corrected chi connectivity index (χ4v) is 3.30. The molecular weight excluding hydrogens is 357 g/mol. The van der Waals surface area contributed by atoms with Crippen LogP contribution in [0.2, 0.25) is 5.02 Å². The van der Waals surface area contributed by atoms with Gasteiger partial charge >= 0.3 is 6.18 Å². The summed E-state index contributed by atoms with van der Waals surface area (Å²) in [5, 5.41) is 3.92. The molecular formula is C16H16ClF3N4O. The van der Waals surface area contributed by atoms with E-state index in [1.165, 1.54) is 6.20 Å². The molecule has 1 fully saturated rings. The van der Waals surface area contributed by atoms with E-state index in [4.69, 9.17) is 11.6 Å². The Morgan fingerprint density at radius 3 is 2.76 bits per heavy atom. The van der Waals surface area contributed by atoms with Crippen molar-refractivity contribution >= 4 is 23.2 Å². The Morgan fingerprint density at radius 2 is 2.16 bits per heavy atom. The van der Waals surface area contributed by atoms with Crippen LogP contribution >= 0.6 is 11.6 Å². The second kappa shape index (κ2) is 6.67. The Hall–Kier alpha value is -2.09. The van der Waals surface area contributed by atoms with Crippen LogP contribution in [0.15, 0.2) is 24.7 Å². The standard InChI is InChI=1S/C16H16ClF3N4O/c1-23-9-10(7-22-23)14(25)6-12-3-2-4-24(12)15-13(17)5-11(8-21-15)16(18,19)20/h5,7-9,12H,2-4,6H2,1H3. The molecule has 2 aromatic rings. The van der Waals surface area contributed by atoms with Gasteiger partial charge in [0, 0.05) is 38.4 Å². The van der Waals surface area contributed by atoms with Crippen molar-refractivity contribution in [3.8, 4) is 0 Å². The maximum Gasteiger partial charge on any atom is 0.417 e. The molecule has 0 N–H and O–H groups in total. The monoisotopic (exact) mass is 372 g/mol. The zero-order valence-electron chi connectivity index (χ0n) is 13.4. The lowest BCUT2D eigenvalue weighted by atomic mass is 10.0. The summed E-state index contributed by atoms with van der Waals surface area (Å²) in [5.74, 6) is 0.226. The summed E-state index contributed by atoms with van der Waals surface area (Å²) in [6.45, 7) is 0.600. The Kier molecular flexibility index (Phi) is 4.73. The highest BCUT2D eigenvalue weighted by Gasteiger charge is 2.34. The quantitative estimate of drug-likeness (QED) is 0.767. The van der Waals surface area contributed by atoms with Gasteiger partial charge in [-0.25, -0.2) is 4.98 Å². The van der Waals surface area contributed by atoms with Crippen LogP contribution in [0.1, 0.15) is 35.2 Å². The number of carbonyl (C=O) groups excluding carboxylic acids is 1. The lowest BCUT2D eigenvalue weighted by molar-refractivity contribution is -0.137. The maximum absolute atomic E-state index is 12.8. The first-order valence-corrected chi connectivity index (χ1v) is 8.14. The summed E-state index contributed by atoms with van der Waals surface area (Å²) in [6, 6.07) is 0.733. The third kappa shape index (κ3) is 3.78. The second-order valence-electron chi connectivity index (χ2n) is 6.05. The van der Waals surface area contributed by atoms with Gasteiger partial charge < -0.3 is 4.90 Å². The molecule has 1 aliphatic rings. The van der Waals surface area contributed by atoms with Crippen LogP contribution in [0.5, 0.6) is 0 Å². The SMILES string of the molecule is Cn1cc(C(=O)CC2CCCN2c2ncc(C(F)(F)F)cc2Cl)cn1. The number of aromatic nitrogens is 3. The van der Waals surface area contributed by atoms with Crippen LogP contribution in [0.4, 0.5) is 19.0 Å². The molecule has 0 aliphatic carbocycles. The van der Waals surface area contributed by atoms with Crippen molar-refractivity contribution in [2.24, 2.45) is 7.05 Å².